The van der Waals surface area contributed by atoms with Crippen molar-refractivity contribution in [3.8, 4) is 0 Å². The number of rotatable bonds is 4. The van der Waals surface area contributed by atoms with Gasteiger partial charge in [0.1, 0.15) is 5.56 Å². The van der Waals surface area contributed by atoms with E-state index in [1.165, 1.54) is 10.6 Å². The van der Waals surface area contributed by atoms with Crippen LogP contribution in [0.1, 0.15) is 66.4 Å². The first-order valence-electron chi connectivity index (χ1n) is 11.0. The smallest absolute Gasteiger partial charge is 0.343 e. The van der Waals surface area contributed by atoms with E-state index in [4.69, 9.17) is 4.74 Å². The lowest BCUT2D eigenvalue weighted by molar-refractivity contribution is 0.0524. The first-order chi connectivity index (χ1) is 14.5. The van der Waals surface area contributed by atoms with Gasteiger partial charge in [0.05, 0.1) is 24.0 Å². The van der Waals surface area contributed by atoms with E-state index in [2.05, 4.69) is 10.2 Å². The standard InChI is InChI=1S/C23H28FN3O3/c1-3-30-23(29)18-10-17(13-7-8-13)20-16-6-4-5-15-9-14(25-2)11-26(15)21(16)19(24)12-27(20)22(18)28/h10,12-15,25H,3-9,11H2,1-2H3/t14-,15?/m0/s1. The lowest BCUT2D eigenvalue weighted by atomic mass is 9.98. The summed E-state index contributed by atoms with van der Waals surface area (Å²) in [6.07, 6.45) is 7.06. The van der Waals surface area contributed by atoms with Gasteiger partial charge in [-0.25, -0.2) is 9.18 Å². The highest BCUT2D eigenvalue weighted by Crippen LogP contribution is 2.46. The van der Waals surface area contributed by atoms with Crippen LogP contribution in [0.25, 0.3) is 5.52 Å². The molecule has 7 heteroatoms. The number of hydrogen-bond acceptors (Lipinski definition) is 5. The van der Waals surface area contributed by atoms with Crippen molar-refractivity contribution in [3.05, 3.63) is 45.1 Å². The molecule has 30 heavy (non-hydrogen) atoms. The zero-order valence-corrected chi connectivity index (χ0v) is 17.5. The summed E-state index contributed by atoms with van der Waals surface area (Å²) in [6, 6.07) is 2.37. The molecule has 0 aromatic carbocycles. The Labute approximate surface area is 175 Å². The Bertz CT molecular complexity index is 1080. The number of anilines is 1. The van der Waals surface area contributed by atoms with Gasteiger partial charge in [-0.05, 0) is 70.0 Å². The minimum atomic E-state index is -0.634. The van der Waals surface area contributed by atoms with Crippen LogP contribution in [0.4, 0.5) is 10.1 Å². The predicted molar refractivity (Wildman–Crippen MR) is 113 cm³/mol. The van der Waals surface area contributed by atoms with E-state index in [1.807, 2.05) is 7.05 Å². The van der Waals surface area contributed by atoms with Crippen molar-refractivity contribution < 1.29 is 13.9 Å². The van der Waals surface area contributed by atoms with Crippen LogP contribution < -0.4 is 15.8 Å². The van der Waals surface area contributed by atoms with E-state index < -0.39 is 11.5 Å². The van der Waals surface area contributed by atoms with Gasteiger partial charge in [-0.1, -0.05) is 0 Å². The lowest BCUT2D eigenvalue weighted by Gasteiger charge is -2.27. The number of carbonyl (C=O) groups excluding carboxylic acids is 1. The number of likely N-dealkylation sites (N-methyl/N-ethyl adjacent to an activating group) is 1. The van der Waals surface area contributed by atoms with Crippen molar-refractivity contribution in [1.82, 2.24) is 9.72 Å². The van der Waals surface area contributed by atoms with Crippen molar-refractivity contribution in [1.29, 1.82) is 0 Å². The fraction of sp³-hybridized carbons (Fsp3) is 0.565. The van der Waals surface area contributed by atoms with Crippen molar-refractivity contribution in [3.63, 3.8) is 0 Å². The Morgan fingerprint density at radius 3 is 2.83 bits per heavy atom. The van der Waals surface area contributed by atoms with Crippen LogP contribution >= 0.6 is 0 Å². The van der Waals surface area contributed by atoms with Crippen LogP contribution in [-0.2, 0) is 11.2 Å². The molecule has 1 N–H and O–H groups in total. The van der Waals surface area contributed by atoms with Gasteiger partial charge in [0.15, 0.2) is 5.82 Å². The van der Waals surface area contributed by atoms with Crippen LogP contribution in [0.2, 0.25) is 0 Å². The molecule has 2 aliphatic heterocycles. The van der Waals surface area contributed by atoms with Crippen molar-refractivity contribution in [2.75, 3.05) is 25.1 Å². The molecule has 4 heterocycles. The second kappa shape index (κ2) is 7.38. The number of nitrogens with zero attached hydrogens (tertiary/aromatic N) is 2. The summed E-state index contributed by atoms with van der Waals surface area (Å²) in [5.41, 5.74) is 2.87. The molecule has 1 saturated carbocycles. The molecule has 1 unspecified atom stereocenters. The molecule has 2 aromatic rings. The highest BCUT2D eigenvalue weighted by Gasteiger charge is 2.38. The summed E-state index contributed by atoms with van der Waals surface area (Å²) in [5, 5.41) is 3.34. The minimum absolute atomic E-state index is 0.00137. The van der Waals surface area contributed by atoms with Gasteiger partial charge in [0.25, 0.3) is 5.56 Å². The third kappa shape index (κ3) is 3.02. The summed E-state index contributed by atoms with van der Waals surface area (Å²) < 4.78 is 22.0. The fourth-order valence-electron chi connectivity index (χ4n) is 5.33. The number of aromatic nitrogens is 1. The zero-order valence-electron chi connectivity index (χ0n) is 17.5. The monoisotopic (exact) mass is 413 g/mol. The number of fused-ring (bicyclic) bond motifs is 5. The van der Waals surface area contributed by atoms with Crippen LogP contribution in [0.5, 0.6) is 0 Å². The molecule has 2 atom stereocenters. The highest BCUT2D eigenvalue weighted by molar-refractivity contribution is 5.90. The molecule has 1 aliphatic carbocycles. The van der Waals surface area contributed by atoms with E-state index in [1.54, 1.807) is 13.0 Å². The summed E-state index contributed by atoms with van der Waals surface area (Å²) in [6.45, 7) is 2.68. The average Bonchev–Trinajstić information content (AvgIpc) is 3.52. The molecule has 6 nitrogen and oxygen atoms in total. The second-order valence-electron chi connectivity index (χ2n) is 8.76. The molecule has 0 amide bonds. The predicted octanol–water partition coefficient (Wildman–Crippen LogP) is 3.00. The average molecular weight is 413 g/mol. The first kappa shape index (κ1) is 19.5. The normalized spacial score (nSPS) is 23.2. The first-order valence-corrected chi connectivity index (χ1v) is 11.0. The number of pyridine rings is 2. The number of halogens is 1. The van der Waals surface area contributed by atoms with E-state index in [9.17, 15) is 9.59 Å². The Hall–Kier alpha value is -2.41. The van der Waals surface area contributed by atoms with Crippen LogP contribution in [-0.4, -0.2) is 42.7 Å². The largest absolute Gasteiger partial charge is 0.462 e. The third-order valence-electron chi connectivity index (χ3n) is 6.89. The molecule has 0 spiro atoms. The highest BCUT2D eigenvalue weighted by atomic mass is 19.1. The van der Waals surface area contributed by atoms with Crippen molar-refractivity contribution >= 4 is 17.2 Å². The molecule has 5 rings (SSSR count). The quantitative estimate of drug-likeness (QED) is 0.781. The summed E-state index contributed by atoms with van der Waals surface area (Å²) >= 11 is 0. The lowest BCUT2D eigenvalue weighted by Crippen LogP contribution is -2.33. The molecule has 1 saturated heterocycles. The van der Waals surface area contributed by atoms with E-state index >= 15 is 4.39 Å². The van der Waals surface area contributed by atoms with E-state index in [-0.39, 0.29) is 18.0 Å². The van der Waals surface area contributed by atoms with Gasteiger partial charge < -0.3 is 15.0 Å². The van der Waals surface area contributed by atoms with Gasteiger partial charge in [-0.3, -0.25) is 9.20 Å². The second-order valence-corrected chi connectivity index (χ2v) is 8.76. The Balaban J connectivity index is 1.77. The Morgan fingerprint density at radius 2 is 2.13 bits per heavy atom. The molecular weight excluding hydrogens is 385 g/mol. The molecule has 0 radical (unpaired) electrons. The van der Waals surface area contributed by atoms with Crippen LogP contribution in [0, 0.1) is 5.82 Å². The number of nitrogens with one attached hydrogen (secondary N) is 1. The van der Waals surface area contributed by atoms with Crippen molar-refractivity contribution in [2.24, 2.45) is 0 Å². The maximum absolute atomic E-state index is 15.5. The Kier molecular flexibility index (Phi) is 4.81. The maximum Gasteiger partial charge on any atom is 0.343 e. The SMILES string of the molecule is CCOC(=O)c1cc(C2CC2)c2c3c(c(F)cn2c1=O)N1C[C@@H](NC)CC1CCC3. The number of ether oxygens (including phenoxy) is 1. The van der Waals surface area contributed by atoms with Gasteiger partial charge in [0, 0.05) is 24.2 Å². The Morgan fingerprint density at radius 1 is 1.33 bits per heavy atom. The summed E-state index contributed by atoms with van der Waals surface area (Å²) in [7, 11) is 1.95. The zero-order chi connectivity index (χ0) is 21.0. The molecule has 0 bridgehead atoms. The number of hydrogen-bond donors (Lipinski definition) is 1. The van der Waals surface area contributed by atoms with E-state index in [0.717, 1.165) is 61.7 Å². The van der Waals surface area contributed by atoms with Gasteiger partial charge in [-0.2, -0.15) is 0 Å². The molecule has 2 aromatic heterocycles. The van der Waals surface area contributed by atoms with Gasteiger partial charge >= 0.3 is 5.97 Å². The topological polar surface area (TPSA) is 63.1 Å². The summed E-state index contributed by atoms with van der Waals surface area (Å²) in [5.74, 6) is -0.706. The number of aryl methyl sites for hydroxylation is 1. The molecule has 160 valence electrons. The van der Waals surface area contributed by atoms with E-state index in [0.29, 0.717) is 23.7 Å². The molecule has 2 fully saturated rings. The maximum atomic E-state index is 15.5. The minimum Gasteiger partial charge on any atom is -0.462 e. The fourth-order valence-corrected chi connectivity index (χ4v) is 5.33. The van der Waals surface area contributed by atoms with Crippen LogP contribution in [0.3, 0.4) is 0 Å². The number of esters is 1. The van der Waals surface area contributed by atoms with Gasteiger partial charge in [-0.15, -0.1) is 0 Å². The molecule has 3 aliphatic rings. The number of carbonyl (C=O) groups is 1. The summed E-state index contributed by atoms with van der Waals surface area (Å²) in [4.78, 5) is 27.8. The third-order valence-corrected chi connectivity index (χ3v) is 6.89. The van der Waals surface area contributed by atoms with Crippen molar-refractivity contribution in [2.45, 2.75) is 63.5 Å². The van der Waals surface area contributed by atoms with Gasteiger partial charge in [0.2, 0.25) is 0 Å². The van der Waals surface area contributed by atoms with Crippen LogP contribution in [0.15, 0.2) is 17.1 Å². The molecular formula is C23H28FN3O3.